The normalized spacial score (nSPS) is 15.7. The SMILES string of the molecule is CC[C@@H](c1ccnn1C)N1Cc2ncccc2C1=O. The summed E-state index contributed by atoms with van der Waals surface area (Å²) in [5, 5.41) is 4.19. The number of hydrogen-bond donors (Lipinski definition) is 0. The average Bonchev–Trinajstić information content (AvgIpc) is 2.98. The van der Waals surface area contributed by atoms with Gasteiger partial charge < -0.3 is 4.90 Å². The Morgan fingerprint density at radius 2 is 2.21 bits per heavy atom. The van der Waals surface area contributed by atoms with Crippen LogP contribution >= 0.6 is 0 Å². The van der Waals surface area contributed by atoms with Crippen molar-refractivity contribution in [3.8, 4) is 0 Å². The Balaban J connectivity index is 1.96. The highest BCUT2D eigenvalue weighted by Crippen LogP contribution is 2.31. The van der Waals surface area contributed by atoms with Crippen LogP contribution in [0.4, 0.5) is 0 Å². The monoisotopic (exact) mass is 256 g/mol. The molecule has 0 aliphatic carbocycles. The van der Waals surface area contributed by atoms with Crippen LogP contribution in [0.3, 0.4) is 0 Å². The highest BCUT2D eigenvalue weighted by molar-refractivity contribution is 5.97. The Morgan fingerprint density at radius 3 is 2.84 bits per heavy atom. The van der Waals surface area contributed by atoms with E-state index >= 15 is 0 Å². The Bertz CT molecular complexity index is 619. The third-order valence-corrected chi connectivity index (χ3v) is 3.66. The molecule has 0 unspecified atom stereocenters. The van der Waals surface area contributed by atoms with Crippen molar-refractivity contribution in [2.45, 2.75) is 25.9 Å². The smallest absolute Gasteiger partial charge is 0.256 e. The van der Waals surface area contributed by atoms with E-state index in [9.17, 15) is 4.79 Å². The van der Waals surface area contributed by atoms with Gasteiger partial charge in [0.25, 0.3) is 5.91 Å². The minimum Gasteiger partial charge on any atom is -0.324 e. The van der Waals surface area contributed by atoms with E-state index in [1.165, 1.54) is 0 Å². The van der Waals surface area contributed by atoms with E-state index < -0.39 is 0 Å². The summed E-state index contributed by atoms with van der Waals surface area (Å²) in [5.41, 5.74) is 2.65. The van der Waals surface area contributed by atoms with Crippen LogP contribution in [0.2, 0.25) is 0 Å². The predicted octanol–water partition coefficient (Wildman–Crippen LogP) is 1.92. The standard InChI is InChI=1S/C14H16N4O/c1-3-12(13-6-8-16-17(13)2)18-9-11-10(14(18)19)5-4-7-15-11/h4-8,12H,3,9H2,1-2H3/t12-/m0/s1. The van der Waals surface area contributed by atoms with E-state index in [4.69, 9.17) is 0 Å². The molecule has 1 atom stereocenters. The van der Waals surface area contributed by atoms with Gasteiger partial charge in [0.2, 0.25) is 0 Å². The quantitative estimate of drug-likeness (QED) is 0.843. The molecular formula is C14H16N4O. The Kier molecular flexibility index (Phi) is 2.81. The fraction of sp³-hybridized carbons (Fsp3) is 0.357. The van der Waals surface area contributed by atoms with Crippen molar-refractivity contribution in [2.24, 2.45) is 7.05 Å². The van der Waals surface area contributed by atoms with Crippen LogP contribution in [0.1, 0.15) is 41.1 Å². The van der Waals surface area contributed by atoms with E-state index in [1.54, 1.807) is 12.4 Å². The first-order valence-corrected chi connectivity index (χ1v) is 6.45. The molecule has 1 aliphatic rings. The van der Waals surface area contributed by atoms with Crippen LogP contribution < -0.4 is 0 Å². The number of fused-ring (bicyclic) bond motifs is 1. The number of pyridine rings is 1. The summed E-state index contributed by atoms with van der Waals surface area (Å²) in [6, 6.07) is 5.68. The van der Waals surface area contributed by atoms with E-state index in [1.807, 2.05) is 34.8 Å². The molecule has 0 saturated carbocycles. The lowest BCUT2D eigenvalue weighted by Crippen LogP contribution is -2.30. The lowest BCUT2D eigenvalue weighted by molar-refractivity contribution is 0.0687. The molecule has 0 spiro atoms. The number of nitrogens with zero attached hydrogens (tertiary/aromatic N) is 4. The van der Waals surface area contributed by atoms with Crippen molar-refractivity contribution in [3.05, 3.63) is 47.5 Å². The fourth-order valence-electron chi connectivity index (χ4n) is 2.70. The van der Waals surface area contributed by atoms with E-state index in [2.05, 4.69) is 17.0 Å². The number of carbonyl (C=O) groups excluding carboxylic acids is 1. The molecule has 19 heavy (non-hydrogen) atoms. The highest BCUT2D eigenvalue weighted by Gasteiger charge is 2.34. The largest absolute Gasteiger partial charge is 0.324 e. The number of hydrogen-bond acceptors (Lipinski definition) is 3. The Hall–Kier alpha value is -2.17. The maximum Gasteiger partial charge on any atom is 0.256 e. The van der Waals surface area contributed by atoms with E-state index in [-0.39, 0.29) is 11.9 Å². The van der Waals surface area contributed by atoms with Gasteiger partial charge in [0, 0.05) is 19.4 Å². The molecule has 0 radical (unpaired) electrons. The maximum absolute atomic E-state index is 12.5. The van der Waals surface area contributed by atoms with Crippen molar-refractivity contribution >= 4 is 5.91 Å². The van der Waals surface area contributed by atoms with Crippen LogP contribution in [0.25, 0.3) is 0 Å². The van der Waals surface area contributed by atoms with Gasteiger partial charge in [-0.1, -0.05) is 6.92 Å². The van der Waals surface area contributed by atoms with Crippen LogP contribution in [0, 0.1) is 0 Å². The molecule has 5 nitrogen and oxygen atoms in total. The second-order valence-electron chi connectivity index (χ2n) is 4.73. The molecule has 1 amide bonds. The van der Waals surface area contributed by atoms with Crippen LogP contribution in [-0.2, 0) is 13.6 Å². The molecule has 3 rings (SSSR count). The molecule has 0 aromatic carbocycles. The van der Waals surface area contributed by atoms with Crippen LogP contribution in [0.15, 0.2) is 30.6 Å². The summed E-state index contributed by atoms with van der Waals surface area (Å²) in [6.45, 7) is 2.67. The minimum atomic E-state index is 0.0502. The molecule has 98 valence electrons. The van der Waals surface area contributed by atoms with Crippen molar-refractivity contribution < 1.29 is 4.79 Å². The molecular weight excluding hydrogens is 240 g/mol. The van der Waals surface area contributed by atoms with Gasteiger partial charge in [-0.25, -0.2) is 0 Å². The van der Waals surface area contributed by atoms with E-state index in [0.717, 1.165) is 23.4 Å². The lowest BCUT2D eigenvalue weighted by Gasteiger charge is -2.26. The van der Waals surface area contributed by atoms with Crippen LogP contribution in [0.5, 0.6) is 0 Å². The van der Waals surface area contributed by atoms with Gasteiger partial charge in [0.1, 0.15) is 0 Å². The summed E-state index contributed by atoms with van der Waals surface area (Å²) in [7, 11) is 1.91. The fourth-order valence-corrected chi connectivity index (χ4v) is 2.70. The Morgan fingerprint density at radius 1 is 1.37 bits per heavy atom. The van der Waals surface area contributed by atoms with Gasteiger partial charge in [-0.3, -0.25) is 14.5 Å². The molecule has 0 fully saturated rings. The van der Waals surface area contributed by atoms with Gasteiger partial charge in [-0.2, -0.15) is 5.10 Å². The third kappa shape index (κ3) is 1.82. The third-order valence-electron chi connectivity index (χ3n) is 3.66. The van der Waals surface area contributed by atoms with Gasteiger partial charge in [0.15, 0.2) is 0 Å². The molecule has 1 aliphatic heterocycles. The Labute approximate surface area is 111 Å². The van der Waals surface area contributed by atoms with Crippen molar-refractivity contribution in [1.82, 2.24) is 19.7 Å². The van der Waals surface area contributed by atoms with Gasteiger partial charge in [-0.15, -0.1) is 0 Å². The number of rotatable bonds is 3. The van der Waals surface area contributed by atoms with Gasteiger partial charge >= 0.3 is 0 Å². The summed E-state index contributed by atoms with van der Waals surface area (Å²) < 4.78 is 1.83. The second kappa shape index (κ2) is 4.50. The first-order valence-electron chi connectivity index (χ1n) is 6.45. The van der Waals surface area contributed by atoms with Crippen molar-refractivity contribution in [1.29, 1.82) is 0 Å². The molecule has 2 aromatic rings. The number of amides is 1. The van der Waals surface area contributed by atoms with Crippen molar-refractivity contribution in [3.63, 3.8) is 0 Å². The first-order chi connectivity index (χ1) is 9.22. The molecule has 3 heterocycles. The summed E-state index contributed by atoms with van der Waals surface area (Å²) >= 11 is 0. The van der Waals surface area contributed by atoms with Crippen LogP contribution in [-0.4, -0.2) is 25.6 Å². The summed E-state index contributed by atoms with van der Waals surface area (Å²) in [5.74, 6) is 0.0659. The van der Waals surface area contributed by atoms with Crippen molar-refractivity contribution in [2.75, 3.05) is 0 Å². The first kappa shape index (κ1) is 11.9. The number of aromatic nitrogens is 3. The average molecular weight is 256 g/mol. The topological polar surface area (TPSA) is 51.0 Å². The van der Waals surface area contributed by atoms with Gasteiger partial charge in [0.05, 0.1) is 29.5 Å². The predicted molar refractivity (Wildman–Crippen MR) is 70.4 cm³/mol. The second-order valence-corrected chi connectivity index (χ2v) is 4.73. The van der Waals surface area contributed by atoms with Gasteiger partial charge in [-0.05, 0) is 24.6 Å². The number of carbonyl (C=O) groups is 1. The number of aryl methyl sites for hydroxylation is 1. The zero-order valence-electron chi connectivity index (χ0n) is 11.1. The molecule has 0 saturated heterocycles. The zero-order valence-corrected chi connectivity index (χ0v) is 11.1. The summed E-state index contributed by atoms with van der Waals surface area (Å²) in [4.78, 5) is 18.6. The van der Waals surface area contributed by atoms with E-state index in [0.29, 0.717) is 6.54 Å². The maximum atomic E-state index is 12.5. The molecule has 2 aromatic heterocycles. The zero-order chi connectivity index (χ0) is 13.4. The molecule has 0 bridgehead atoms. The lowest BCUT2D eigenvalue weighted by atomic mass is 10.1. The molecule has 0 N–H and O–H groups in total. The summed E-state index contributed by atoms with van der Waals surface area (Å²) in [6.07, 6.45) is 4.36. The minimum absolute atomic E-state index is 0.0502. The highest BCUT2D eigenvalue weighted by atomic mass is 16.2. The molecule has 5 heteroatoms.